The average Bonchev–Trinajstić information content (AvgIpc) is 3.42. The van der Waals surface area contributed by atoms with Crippen molar-refractivity contribution in [1.29, 1.82) is 5.26 Å². The first-order chi connectivity index (χ1) is 19.2. The van der Waals surface area contributed by atoms with Crippen molar-refractivity contribution in [2.75, 3.05) is 11.9 Å². The summed E-state index contributed by atoms with van der Waals surface area (Å²) in [5.41, 5.74) is 3.71. The summed E-state index contributed by atoms with van der Waals surface area (Å²) in [7, 11) is 1.95. The van der Waals surface area contributed by atoms with Crippen LogP contribution in [-0.2, 0) is 24.4 Å². The Bertz CT molecular complexity index is 1530. The van der Waals surface area contributed by atoms with Crippen LogP contribution in [-0.4, -0.2) is 37.8 Å². The zero-order valence-electron chi connectivity index (χ0n) is 23.3. The summed E-state index contributed by atoms with van der Waals surface area (Å²) in [5, 5.41) is 24.6. The Morgan fingerprint density at radius 3 is 2.67 bits per heavy atom. The Morgan fingerprint density at radius 2 is 2.00 bits per heavy atom. The molecule has 0 radical (unpaired) electrons. The number of rotatable bonds is 8. The molecule has 1 aromatic carbocycles. The molecule has 3 heterocycles. The Kier molecular flexibility index (Phi) is 5.59. The van der Waals surface area contributed by atoms with Crippen molar-refractivity contribution >= 4 is 11.6 Å². The van der Waals surface area contributed by atoms with Gasteiger partial charge in [0.15, 0.2) is 0 Å². The summed E-state index contributed by atoms with van der Waals surface area (Å²) in [6, 6.07) is 12.2. The SMILES string of the molecule is Cn1cnnc1C1(c2cccc(NC(=O)c3cc(CNC45CC(C4)C5)c4c(n3)C(C)(C)CO4)c2)CC(CC#N)C1. The smallest absolute Gasteiger partial charge is 0.274 e. The van der Waals surface area contributed by atoms with Crippen molar-refractivity contribution in [3.05, 3.63) is 65.0 Å². The molecule has 2 aromatic heterocycles. The van der Waals surface area contributed by atoms with E-state index in [1.54, 1.807) is 6.33 Å². The van der Waals surface area contributed by atoms with E-state index in [1.165, 1.54) is 19.3 Å². The van der Waals surface area contributed by atoms with Crippen LogP contribution in [0.2, 0.25) is 0 Å². The fourth-order valence-electron chi connectivity index (χ4n) is 7.30. The Hall–Kier alpha value is -3.77. The van der Waals surface area contributed by atoms with Gasteiger partial charge in [-0.2, -0.15) is 5.26 Å². The second kappa shape index (κ2) is 8.87. The summed E-state index contributed by atoms with van der Waals surface area (Å²) >= 11 is 0. The molecule has 9 heteroatoms. The van der Waals surface area contributed by atoms with Crippen LogP contribution < -0.4 is 15.4 Å². The predicted octanol–water partition coefficient (Wildman–Crippen LogP) is 4.38. The highest BCUT2D eigenvalue weighted by Gasteiger charge is 2.56. The molecule has 2 bridgehead atoms. The number of hydrogen-bond acceptors (Lipinski definition) is 7. The molecule has 0 unspecified atom stereocenters. The first-order valence-electron chi connectivity index (χ1n) is 14.3. The minimum absolute atomic E-state index is 0.238. The quantitative estimate of drug-likeness (QED) is 0.438. The fraction of sp³-hybridized carbons (Fsp3) is 0.516. The van der Waals surface area contributed by atoms with Gasteiger partial charge < -0.3 is 19.9 Å². The number of aryl methyl sites for hydroxylation is 1. The molecule has 5 aliphatic rings. The summed E-state index contributed by atoms with van der Waals surface area (Å²) in [5.74, 6) is 2.68. The second-order valence-corrected chi connectivity index (χ2v) is 13.1. The topological polar surface area (TPSA) is 118 Å². The molecule has 3 aromatic rings. The van der Waals surface area contributed by atoms with Gasteiger partial charge in [-0.1, -0.05) is 26.0 Å². The molecule has 0 saturated heterocycles. The zero-order valence-corrected chi connectivity index (χ0v) is 23.3. The second-order valence-electron chi connectivity index (χ2n) is 13.1. The molecule has 4 fully saturated rings. The molecule has 4 aliphatic carbocycles. The predicted molar refractivity (Wildman–Crippen MR) is 149 cm³/mol. The zero-order chi connectivity index (χ0) is 27.7. The van der Waals surface area contributed by atoms with Gasteiger partial charge in [0.05, 0.1) is 23.8 Å². The molecule has 8 rings (SSSR count). The van der Waals surface area contributed by atoms with E-state index >= 15 is 0 Å². The van der Waals surface area contributed by atoms with Crippen LogP contribution >= 0.6 is 0 Å². The number of nitrogens with one attached hydrogen (secondary N) is 2. The van der Waals surface area contributed by atoms with Crippen molar-refractivity contribution in [2.45, 2.75) is 75.3 Å². The van der Waals surface area contributed by atoms with E-state index in [2.05, 4.69) is 46.8 Å². The molecule has 4 saturated carbocycles. The first-order valence-corrected chi connectivity index (χ1v) is 14.3. The van der Waals surface area contributed by atoms with Gasteiger partial charge in [-0.05, 0) is 67.7 Å². The van der Waals surface area contributed by atoms with Crippen LogP contribution in [0.25, 0.3) is 0 Å². The van der Waals surface area contributed by atoms with Gasteiger partial charge in [0, 0.05) is 42.2 Å². The maximum atomic E-state index is 13.6. The lowest BCUT2D eigenvalue weighted by Gasteiger charge is -2.62. The van der Waals surface area contributed by atoms with Gasteiger partial charge >= 0.3 is 0 Å². The van der Waals surface area contributed by atoms with E-state index in [0.717, 1.165) is 47.2 Å². The molecule has 1 aliphatic heterocycles. The van der Waals surface area contributed by atoms with E-state index < -0.39 is 0 Å². The fourth-order valence-corrected chi connectivity index (χ4v) is 7.30. The summed E-state index contributed by atoms with van der Waals surface area (Å²) in [4.78, 5) is 18.4. The van der Waals surface area contributed by atoms with Gasteiger partial charge in [0.25, 0.3) is 5.91 Å². The Labute approximate surface area is 234 Å². The molecule has 206 valence electrons. The molecule has 0 atom stereocenters. The number of nitrogens with zero attached hydrogens (tertiary/aromatic N) is 5. The normalized spacial score (nSPS) is 28.8. The van der Waals surface area contributed by atoms with Crippen LogP contribution in [0.3, 0.4) is 0 Å². The van der Waals surface area contributed by atoms with E-state index in [4.69, 9.17) is 9.72 Å². The summed E-state index contributed by atoms with van der Waals surface area (Å²) in [6.45, 7) is 5.45. The Balaban J connectivity index is 1.16. The number of carbonyl (C=O) groups excluding carboxylic acids is 1. The van der Waals surface area contributed by atoms with Crippen LogP contribution in [0.5, 0.6) is 5.75 Å². The third-order valence-electron chi connectivity index (χ3n) is 9.66. The molecular formula is C31H35N7O2. The number of pyridine rings is 1. The van der Waals surface area contributed by atoms with Crippen LogP contribution in [0, 0.1) is 23.2 Å². The van der Waals surface area contributed by atoms with E-state index in [9.17, 15) is 10.1 Å². The van der Waals surface area contributed by atoms with Crippen molar-refractivity contribution in [2.24, 2.45) is 18.9 Å². The van der Waals surface area contributed by atoms with Crippen LogP contribution in [0.15, 0.2) is 36.7 Å². The third-order valence-corrected chi connectivity index (χ3v) is 9.66. The minimum Gasteiger partial charge on any atom is -0.490 e. The number of ether oxygens (including phenoxy) is 1. The minimum atomic E-state index is -0.332. The van der Waals surface area contributed by atoms with Crippen molar-refractivity contribution in [3.8, 4) is 11.8 Å². The largest absolute Gasteiger partial charge is 0.490 e. The maximum Gasteiger partial charge on any atom is 0.274 e. The van der Waals surface area contributed by atoms with Crippen molar-refractivity contribution < 1.29 is 9.53 Å². The molecule has 40 heavy (non-hydrogen) atoms. The monoisotopic (exact) mass is 537 g/mol. The standard InChI is InChI=1S/C31H35N7O2/c1-29(2)17-40-25-21(16-33-30-11-20(12-30)13-30)9-24(36-26(25)29)27(39)35-23-6-4-5-22(10-23)31(14-19(15-31)7-8-32)28-37-34-18-38(28)3/h4-6,9-10,18-20,33H,7,11-17H2,1-3H3,(H,35,39). The van der Waals surface area contributed by atoms with Gasteiger partial charge in [-0.25, -0.2) is 4.98 Å². The maximum absolute atomic E-state index is 13.6. The molecule has 2 N–H and O–H groups in total. The third kappa shape index (κ3) is 3.92. The lowest BCUT2D eigenvalue weighted by molar-refractivity contribution is -0.0520. The Morgan fingerprint density at radius 1 is 1.20 bits per heavy atom. The van der Waals surface area contributed by atoms with Crippen LogP contribution in [0.1, 0.15) is 85.5 Å². The van der Waals surface area contributed by atoms with E-state index in [1.807, 2.05) is 35.9 Å². The highest BCUT2D eigenvalue weighted by atomic mass is 16.5. The number of nitriles is 1. The lowest BCUT2D eigenvalue weighted by Crippen LogP contribution is -2.66. The molecule has 0 spiro atoms. The highest BCUT2D eigenvalue weighted by molar-refractivity contribution is 6.03. The lowest BCUT2D eigenvalue weighted by atomic mass is 9.50. The molecule has 1 amide bonds. The van der Waals surface area contributed by atoms with Crippen LogP contribution in [0.4, 0.5) is 5.69 Å². The van der Waals surface area contributed by atoms with Gasteiger partial charge in [-0.3, -0.25) is 4.79 Å². The number of anilines is 1. The van der Waals surface area contributed by atoms with Crippen molar-refractivity contribution in [3.63, 3.8) is 0 Å². The van der Waals surface area contributed by atoms with Gasteiger partial charge in [0.1, 0.15) is 23.6 Å². The highest BCUT2D eigenvalue weighted by Crippen LogP contribution is 2.57. The summed E-state index contributed by atoms with van der Waals surface area (Å²) in [6.07, 6.45) is 7.65. The first kappa shape index (κ1) is 25.2. The number of amides is 1. The van der Waals surface area contributed by atoms with Crippen molar-refractivity contribution in [1.82, 2.24) is 25.1 Å². The van der Waals surface area contributed by atoms with E-state index in [0.29, 0.717) is 36.9 Å². The number of aromatic nitrogens is 4. The number of benzene rings is 1. The average molecular weight is 538 g/mol. The summed E-state index contributed by atoms with van der Waals surface area (Å²) < 4.78 is 8.06. The molecule has 9 nitrogen and oxygen atoms in total. The number of carbonyl (C=O) groups is 1. The number of fused-ring (bicyclic) bond motifs is 1. The number of hydrogen-bond donors (Lipinski definition) is 2. The van der Waals surface area contributed by atoms with E-state index in [-0.39, 0.29) is 22.3 Å². The van der Waals surface area contributed by atoms with Gasteiger partial charge in [-0.15, -0.1) is 10.2 Å². The molecular weight excluding hydrogens is 502 g/mol. The van der Waals surface area contributed by atoms with Gasteiger partial charge in [0.2, 0.25) is 0 Å².